The number of rotatable bonds is 1. The zero-order chi connectivity index (χ0) is 13.3. The fourth-order valence-electron chi connectivity index (χ4n) is 4.85. The summed E-state index contributed by atoms with van der Waals surface area (Å²) in [6.07, 6.45) is 3.04. The lowest BCUT2D eigenvalue weighted by atomic mass is 9.51. The van der Waals surface area contributed by atoms with Crippen LogP contribution in [0.15, 0.2) is 11.1 Å². The Morgan fingerprint density at radius 1 is 1.33 bits per heavy atom. The maximum Gasteiger partial charge on any atom is 0.309 e. The van der Waals surface area contributed by atoms with Crippen LogP contribution in [0.2, 0.25) is 0 Å². The van der Waals surface area contributed by atoms with Crippen LogP contribution in [-0.2, 0) is 9.59 Å². The molecule has 98 valence electrons. The van der Waals surface area contributed by atoms with E-state index in [0.29, 0.717) is 18.3 Å². The summed E-state index contributed by atoms with van der Waals surface area (Å²) in [6, 6.07) is 0. The van der Waals surface area contributed by atoms with Gasteiger partial charge in [0.05, 0.1) is 5.41 Å². The number of hydrogen-bond acceptors (Lipinski definition) is 2. The summed E-state index contributed by atoms with van der Waals surface area (Å²) in [5, 5.41) is 9.41. The Hall–Kier alpha value is -1.12. The summed E-state index contributed by atoms with van der Waals surface area (Å²) in [7, 11) is 0. The van der Waals surface area contributed by atoms with Gasteiger partial charge in [0.15, 0.2) is 5.78 Å². The number of Topliss-reactive ketones (excluding diaryl/α,β-unsaturated/α-hetero) is 1. The van der Waals surface area contributed by atoms with Gasteiger partial charge in [-0.2, -0.15) is 0 Å². The van der Waals surface area contributed by atoms with Crippen LogP contribution in [0.3, 0.4) is 0 Å². The highest BCUT2D eigenvalue weighted by molar-refractivity contribution is 6.05. The van der Waals surface area contributed by atoms with Crippen LogP contribution in [0.4, 0.5) is 0 Å². The van der Waals surface area contributed by atoms with Gasteiger partial charge in [-0.1, -0.05) is 12.5 Å². The predicted octanol–water partition coefficient (Wildman–Crippen LogP) is 2.80. The lowest BCUT2D eigenvalue weighted by Gasteiger charge is -2.51. The number of carboxylic acids is 1. The number of aliphatic carboxylic acids is 1. The molecule has 3 aliphatic carbocycles. The Bertz CT molecular complexity index is 490. The maximum absolute atomic E-state index is 11.8. The molecule has 0 amide bonds. The highest BCUT2D eigenvalue weighted by Gasteiger charge is 2.61. The van der Waals surface area contributed by atoms with Gasteiger partial charge in [0.1, 0.15) is 0 Å². The van der Waals surface area contributed by atoms with Crippen molar-refractivity contribution in [1.29, 1.82) is 0 Å². The van der Waals surface area contributed by atoms with E-state index in [2.05, 4.69) is 13.8 Å². The molecule has 2 saturated carbocycles. The number of carbonyl (C=O) groups is 2. The molecule has 3 heteroatoms. The SMILES string of the molecule is CC1=C2C(=O)C[C@]2(C)[C@H]2C[C@](C)(C(=O)O)C[C@H]2C1. The van der Waals surface area contributed by atoms with Gasteiger partial charge in [-0.3, -0.25) is 9.59 Å². The molecule has 0 spiro atoms. The van der Waals surface area contributed by atoms with Crippen molar-refractivity contribution >= 4 is 11.8 Å². The minimum absolute atomic E-state index is 0.0305. The molecule has 0 saturated heterocycles. The van der Waals surface area contributed by atoms with E-state index in [1.54, 1.807) is 0 Å². The van der Waals surface area contributed by atoms with Crippen molar-refractivity contribution in [2.45, 2.75) is 46.5 Å². The van der Waals surface area contributed by atoms with Crippen LogP contribution in [0.5, 0.6) is 0 Å². The minimum atomic E-state index is -0.676. The number of ketones is 1. The summed E-state index contributed by atoms with van der Waals surface area (Å²) in [5.41, 5.74) is 1.62. The summed E-state index contributed by atoms with van der Waals surface area (Å²) >= 11 is 0. The van der Waals surface area contributed by atoms with Crippen molar-refractivity contribution in [3.63, 3.8) is 0 Å². The van der Waals surface area contributed by atoms with E-state index in [1.165, 1.54) is 5.57 Å². The number of carbonyl (C=O) groups excluding carboxylic acids is 1. The third-order valence-corrected chi connectivity index (χ3v) is 5.66. The van der Waals surface area contributed by atoms with Gasteiger partial charge >= 0.3 is 5.97 Å². The van der Waals surface area contributed by atoms with E-state index in [4.69, 9.17) is 0 Å². The zero-order valence-electron chi connectivity index (χ0n) is 11.2. The molecule has 0 aliphatic heterocycles. The monoisotopic (exact) mass is 248 g/mol. The summed E-state index contributed by atoms with van der Waals surface area (Å²) < 4.78 is 0. The fourth-order valence-corrected chi connectivity index (χ4v) is 4.85. The van der Waals surface area contributed by atoms with Gasteiger partial charge in [-0.05, 0) is 44.9 Å². The number of carboxylic acid groups (broad SMARTS) is 1. The fraction of sp³-hybridized carbons (Fsp3) is 0.733. The summed E-state index contributed by atoms with van der Waals surface area (Å²) in [6.45, 7) is 6.08. The Labute approximate surface area is 107 Å². The molecule has 1 N–H and O–H groups in total. The van der Waals surface area contributed by atoms with Gasteiger partial charge in [0.2, 0.25) is 0 Å². The van der Waals surface area contributed by atoms with Crippen LogP contribution in [0.25, 0.3) is 0 Å². The molecule has 4 atom stereocenters. The molecule has 0 aromatic rings. The second-order valence-electron chi connectivity index (χ2n) is 7.02. The molecule has 18 heavy (non-hydrogen) atoms. The molecular formula is C15H20O3. The van der Waals surface area contributed by atoms with Crippen molar-refractivity contribution < 1.29 is 14.7 Å². The van der Waals surface area contributed by atoms with Crippen LogP contribution in [-0.4, -0.2) is 16.9 Å². The number of hydrogen-bond donors (Lipinski definition) is 1. The van der Waals surface area contributed by atoms with Crippen LogP contribution < -0.4 is 0 Å². The molecule has 0 heterocycles. The van der Waals surface area contributed by atoms with Crippen LogP contribution in [0.1, 0.15) is 46.5 Å². The molecule has 0 unspecified atom stereocenters. The molecule has 2 fully saturated rings. The average molecular weight is 248 g/mol. The molecule has 0 aromatic heterocycles. The molecule has 3 aliphatic rings. The Balaban J connectivity index is 1.98. The first-order chi connectivity index (χ1) is 8.28. The van der Waals surface area contributed by atoms with E-state index in [1.807, 2.05) is 6.92 Å². The first-order valence-corrected chi connectivity index (χ1v) is 6.75. The van der Waals surface area contributed by atoms with E-state index in [0.717, 1.165) is 24.8 Å². The first-order valence-electron chi connectivity index (χ1n) is 6.75. The lowest BCUT2D eigenvalue weighted by Crippen LogP contribution is -2.49. The second kappa shape index (κ2) is 3.25. The topological polar surface area (TPSA) is 54.4 Å². The summed E-state index contributed by atoms with van der Waals surface area (Å²) in [4.78, 5) is 23.2. The smallest absolute Gasteiger partial charge is 0.309 e. The Morgan fingerprint density at radius 3 is 2.56 bits per heavy atom. The van der Waals surface area contributed by atoms with Gasteiger partial charge in [0.25, 0.3) is 0 Å². The zero-order valence-corrected chi connectivity index (χ0v) is 11.2. The van der Waals surface area contributed by atoms with Crippen molar-refractivity contribution in [3.8, 4) is 0 Å². The van der Waals surface area contributed by atoms with Crippen molar-refractivity contribution in [2.24, 2.45) is 22.7 Å². The molecule has 0 radical (unpaired) electrons. The highest BCUT2D eigenvalue weighted by Crippen LogP contribution is 2.64. The maximum atomic E-state index is 11.8. The molecule has 0 aromatic carbocycles. The van der Waals surface area contributed by atoms with E-state index in [-0.39, 0.29) is 11.2 Å². The largest absolute Gasteiger partial charge is 0.481 e. The van der Waals surface area contributed by atoms with Gasteiger partial charge in [-0.25, -0.2) is 0 Å². The first kappa shape index (κ1) is 11.9. The quantitative estimate of drug-likeness (QED) is 0.776. The minimum Gasteiger partial charge on any atom is -0.481 e. The van der Waals surface area contributed by atoms with Crippen molar-refractivity contribution in [2.75, 3.05) is 0 Å². The number of fused-ring (bicyclic) bond motifs is 3. The van der Waals surface area contributed by atoms with Crippen LogP contribution >= 0.6 is 0 Å². The van der Waals surface area contributed by atoms with Gasteiger partial charge in [-0.15, -0.1) is 0 Å². The normalized spacial score (nSPS) is 46.5. The van der Waals surface area contributed by atoms with Crippen molar-refractivity contribution in [1.82, 2.24) is 0 Å². The molecule has 3 nitrogen and oxygen atoms in total. The Kier molecular flexibility index (Phi) is 2.16. The van der Waals surface area contributed by atoms with E-state index in [9.17, 15) is 14.7 Å². The molecule has 3 rings (SSSR count). The lowest BCUT2D eigenvalue weighted by molar-refractivity contribution is -0.147. The molecule has 0 bridgehead atoms. The third-order valence-electron chi connectivity index (χ3n) is 5.66. The predicted molar refractivity (Wildman–Crippen MR) is 67.0 cm³/mol. The highest BCUT2D eigenvalue weighted by atomic mass is 16.4. The standard InChI is InChI=1S/C15H20O3/c1-8-4-9-5-14(2,13(17)18)6-10(9)15(3)7-11(16)12(8)15/h9-10H,4-7H2,1-3H3,(H,17,18)/t9-,10+,14-,15-/m1/s1. The van der Waals surface area contributed by atoms with Gasteiger partial charge < -0.3 is 5.11 Å². The second-order valence-corrected chi connectivity index (χ2v) is 7.02. The number of allylic oxidation sites excluding steroid dienone is 2. The van der Waals surface area contributed by atoms with Crippen molar-refractivity contribution in [3.05, 3.63) is 11.1 Å². The van der Waals surface area contributed by atoms with Gasteiger partial charge in [0, 0.05) is 17.4 Å². The van der Waals surface area contributed by atoms with E-state index < -0.39 is 11.4 Å². The molecular weight excluding hydrogens is 228 g/mol. The average Bonchev–Trinajstić information content (AvgIpc) is 2.55. The van der Waals surface area contributed by atoms with Crippen LogP contribution in [0, 0.1) is 22.7 Å². The third kappa shape index (κ3) is 1.25. The summed E-state index contributed by atoms with van der Waals surface area (Å²) in [5.74, 6) is 0.450. The Morgan fingerprint density at radius 2 is 2.00 bits per heavy atom. The van der Waals surface area contributed by atoms with E-state index >= 15 is 0 Å².